The summed E-state index contributed by atoms with van der Waals surface area (Å²) in [6.07, 6.45) is 17.0. The molecule has 1 aliphatic carbocycles. The van der Waals surface area contributed by atoms with E-state index in [4.69, 9.17) is 0 Å². The van der Waals surface area contributed by atoms with Crippen molar-refractivity contribution in [3.8, 4) is 0 Å². The van der Waals surface area contributed by atoms with E-state index in [9.17, 15) is 0 Å². The van der Waals surface area contributed by atoms with Gasteiger partial charge in [0.25, 0.3) is 0 Å². The lowest BCUT2D eigenvalue weighted by molar-refractivity contribution is 0.362. The average molecular weight is 308 g/mol. The molecule has 0 aliphatic heterocycles. The topological polar surface area (TPSA) is 12.0 Å². The summed E-state index contributed by atoms with van der Waals surface area (Å²) in [7, 11) is 0. The Bertz CT molecular complexity index is 334. The highest BCUT2D eigenvalue weighted by atomic mass is 32.1. The molecule has 1 unspecified atom stereocenters. The molecule has 120 valence electrons. The molecule has 1 fully saturated rings. The van der Waals surface area contributed by atoms with Gasteiger partial charge in [0.15, 0.2) is 0 Å². The first kappa shape index (κ1) is 17.0. The number of hydrogen-bond acceptors (Lipinski definition) is 2. The number of hydrogen-bond donors (Lipinski definition) is 1. The predicted octanol–water partition coefficient (Wildman–Crippen LogP) is 6.46. The number of rotatable bonds is 4. The fourth-order valence-electron chi connectivity index (χ4n) is 3.51. The predicted molar refractivity (Wildman–Crippen MR) is 95.1 cm³/mol. The van der Waals surface area contributed by atoms with E-state index in [2.05, 4.69) is 29.8 Å². The van der Waals surface area contributed by atoms with E-state index in [1.165, 1.54) is 81.9 Å². The molecule has 1 N–H and O–H groups in total. The number of thiophene rings is 1. The highest BCUT2D eigenvalue weighted by Crippen LogP contribution is 2.25. The monoisotopic (exact) mass is 307 g/mol. The van der Waals surface area contributed by atoms with E-state index in [0.29, 0.717) is 6.04 Å². The van der Waals surface area contributed by atoms with Gasteiger partial charge in [-0.2, -0.15) is 0 Å². The zero-order valence-corrected chi connectivity index (χ0v) is 14.6. The molecule has 1 heterocycles. The van der Waals surface area contributed by atoms with Gasteiger partial charge in [0.2, 0.25) is 0 Å². The van der Waals surface area contributed by atoms with E-state index in [-0.39, 0.29) is 0 Å². The first-order chi connectivity index (χ1) is 10.4. The van der Waals surface area contributed by atoms with Crippen molar-refractivity contribution in [2.24, 2.45) is 0 Å². The molecule has 0 saturated heterocycles. The zero-order valence-electron chi connectivity index (χ0n) is 13.8. The van der Waals surface area contributed by atoms with Crippen LogP contribution in [0.25, 0.3) is 0 Å². The van der Waals surface area contributed by atoms with Gasteiger partial charge in [0.1, 0.15) is 0 Å². The van der Waals surface area contributed by atoms with Crippen molar-refractivity contribution in [1.29, 1.82) is 0 Å². The Morgan fingerprint density at radius 3 is 2.05 bits per heavy atom. The highest BCUT2D eigenvalue weighted by molar-refractivity contribution is 7.10. The van der Waals surface area contributed by atoms with Crippen molar-refractivity contribution in [2.75, 3.05) is 0 Å². The fraction of sp³-hybridized carbons (Fsp3) is 0.789. The van der Waals surface area contributed by atoms with Crippen LogP contribution in [-0.4, -0.2) is 6.04 Å². The molecule has 1 saturated carbocycles. The second-order valence-corrected chi connectivity index (χ2v) is 7.58. The first-order valence-corrected chi connectivity index (χ1v) is 10.1. The summed E-state index contributed by atoms with van der Waals surface area (Å²) in [5.74, 6) is 0. The maximum atomic E-state index is 3.97. The smallest absolute Gasteiger partial charge is 0.0414 e. The maximum Gasteiger partial charge on any atom is 0.0414 e. The van der Waals surface area contributed by atoms with Gasteiger partial charge in [-0.25, -0.2) is 0 Å². The molecule has 0 radical (unpaired) electrons. The third-order valence-corrected chi connectivity index (χ3v) is 5.82. The van der Waals surface area contributed by atoms with Gasteiger partial charge in [0.05, 0.1) is 0 Å². The van der Waals surface area contributed by atoms with Crippen LogP contribution in [0.15, 0.2) is 17.5 Å². The van der Waals surface area contributed by atoms with Crippen molar-refractivity contribution in [3.05, 3.63) is 22.4 Å². The van der Waals surface area contributed by atoms with Gasteiger partial charge >= 0.3 is 0 Å². The largest absolute Gasteiger partial charge is 0.306 e. The Morgan fingerprint density at radius 2 is 1.57 bits per heavy atom. The lowest BCUT2D eigenvalue weighted by Gasteiger charge is -2.25. The van der Waals surface area contributed by atoms with Gasteiger partial charge in [-0.05, 0) is 30.7 Å². The molecule has 2 rings (SSSR count). The molecule has 0 aromatic carbocycles. The lowest BCUT2D eigenvalue weighted by Crippen LogP contribution is -2.32. The average Bonchev–Trinajstić information content (AvgIpc) is 3.01. The Labute approximate surface area is 135 Å². The van der Waals surface area contributed by atoms with Gasteiger partial charge in [0, 0.05) is 17.0 Å². The minimum atomic E-state index is 0.572. The van der Waals surface area contributed by atoms with Crippen LogP contribution < -0.4 is 5.32 Å². The summed E-state index contributed by atoms with van der Waals surface area (Å²) in [5.41, 5.74) is 0. The Morgan fingerprint density at radius 1 is 1.00 bits per heavy atom. The van der Waals surface area contributed by atoms with Gasteiger partial charge in [-0.3, -0.25) is 0 Å². The second kappa shape index (κ2) is 10.4. The van der Waals surface area contributed by atoms with Crippen LogP contribution in [0.4, 0.5) is 0 Å². The molecular formula is C19H33NS. The number of nitrogens with one attached hydrogen (secondary N) is 1. The van der Waals surface area contributed by atoms with Crippen molar-refractivity contribution < 1.29 is 0 Å². The third kappa shape index (κ3) is 6.52. The standard InChI is InChI=1S/C19H33NS/c1-2-18(19-15-12-16-21-19)20-17-13-10-8-6-4-3-5-7-9-11-14-17/h12,15-18,20H,2-11,13-14H2,1H3. The van der Waals surface area contributed by atoms with E-state index >= 15 is 0 Å². The summed E-state index contributed by atoms with van der Waals surface area (Å²) in [4.78, 5) is 1.52. The van der Waals surface area contributed by atoms with Crippen LogP contribution in [0.1, 0.15) is 94.9 Å². The minimum absolute atomic E-state index is 0.572. The first-order valence-electron chi connectivity index (χ1n) is 9.19. The van der Waals surface area contributed by atoms with Crippen molar-refractivity contribution in [3.63, 3.8) is 0 Å². The third-order valence-electron chi connectivity index (χ3n) is 4.84. The zero-order chi connectivity index (χ0) is 14.8. The summed E-state index contributed by atoms with van der Waals surface area (Å²) in [6, 6.07) is 5.78. The van der Waals surface area contributed by atoms with E-state index in [1.807, 2.05) is 11.3 Å². The van der Waals surface area contributed by atoms with Crippen molar-refractivity contribution in [1.82, 2.24) is 5.32 Å². The Balaban J connectivity index is 1.84. The van der Waals surface area contributed by atoms with Crippen molar-refractivity contribution in [2.45, 2.75) is 96.1 Å². The SMILES string of the molecule is CCC(NC1CCCCCCCCCCC1)c1cccs1. The maximum absolute atomic E-state index is 3.97. The quantitative estimate of drug-likeness (QED) is 0.673. The molecule has 0 amide bonds. The summed E-state index contributed by atoms with van der Waals surface area (Å²) in [6.45, 7) is 2.31. The molecule has 2 heteroatoms. The van der Waals surface area contributed by atoms with E-state index < -0.39 is 0 Å². The normalized spacial score (nSPS) is 21.4. The molecule has 1 nitrogen and oxygen atoms in total. The summed E-state index contributed by atoms with van der Waals surface area (Å²) < 4.78 is 0. The van der Waals surface area contributed by atoms with Crippen LogP contribution in [0, 0.1) is 0 Å². The van der Waals surface area contributed by atoms with Crippen LogP contribution in [-0.2, 0) is 0 Å². The molecule has 1 aromatic heterocycles. The molecule has 1 atom stereocenters. The molecule has 0 spiro atoms. The Kier molecular flexibility index (Phi) is 8.43. The highest BCUT2D eigenvalue weighted by Gasteiger charge is 2.16. The van der Waals surface area contributed by atoms with Crippen molar-refractivity contribution >= 4 is 11.3 Å². The van der Waals surface area contributed by atoms with Crippen LogP contribution in [0.5, 0.6) is 0 Å². The van der Waals surface area contributed by atoms with Crippen LogP contribution >= 0.6 is 11.3 Å². The molecule has 0 bridgehead atoms. The van der Waals surface area contributed by atoms with Gasteiger partial charge in [-0.15, -0.1) is 11.3 Å². The minimum Gasteiger partial charge on any atom is -0.306 e. The lowest BCUT2D eigenvalue weighted by atomic mass is 9.97. The molecule has 21 heavy (non-hydrogen) atoms. The van der Waals surface area contributed by atoms with Crippen LogP contribution in [0.3, 0.4) is 0 Å². The fourth-order valence-corrected chi connectivity index (χ4v) is 4.38. The molecule has 1 aromatic rings. The summed E-state index contributed by atoms with van der Waals surface area (Å²) in [5, 5.41) is 6.18. The van der Waals surface area contributed by atoms with Crippen LogP contribution in [0.2, 0.25) is 0 Å². The Hall–Kier alpha value is -0.340. The van der Waals surface area contributed by atoms with Gasteiger partial charge < -0.3 is 5.32 Å². The molecule has 1 aliphatic rings. The molecular weight excluding hydrogens is 274 g/mol. The van der Waals surface area contributed by atoms with E-state index in [1.54, 1.807) is 0 Å². The summed E-state index contributed by atoms with van der Waals surface area (Å²) >= 11 is 1.90. The second-order valence-electron chi connectivity index (χ2n) is 6.60. The van der Waals surface area contributed by atoms with Gasteiger partial charge in [-0.1, -0.05) is 70.8 Å². The van der Waals surface area contributed by atoms with E-state index in [0.717, 1.165) is 6.04 Å².